The summed E-state index contributed by atoms with van der Waals surface area (Å²) in [5, 5.41) is 6.23. The molecule has 0 unspecified atom stereocenters. The molecule has 11 heteroatoms. The Bertz CT molecular complexity index is 623. The molecule has 0 amide bonds. The van der Waals surface area contributed by atoms with Gasteiger partial charge in [0.25, 0.3) is 0 Å². The fourth-order valence-corrected chi connectivity index (χ4v) is 2.33. The second kappa shape index (κ2) is 5.26. The summed E-state index contributed by atoms with van der Waals surface area (Å²) in [5.74, 6) is 5.68. The summed E-state index contributed by atoms with van der Waals surface area (Å²) in [6, 6.07) is 0. The van der Waals surface area contributed by atoms with E-state index in [0.717, 1.165) is 4.31 Å². The van der Waals surface area contributed by atoms with Gasteiger partial charge >= 0.3 is 0 Å². The van der Waals surface area contributed by atoms with Crippen LogP contribution in [-0.4, -0.2) is 44.9 Å². The number of H-pyrrole nitrogens is 1. The molecular formula is C8H12N8O2S. The van der Waals surface area contributed by atoms with Gasteiger partial charge in [-0.3, -0.25) is 10.5 Å². The fraction of sp³-hybridized carbons (Fsp3) is 0.250. The van der Waals surface area contributed by atoms with Crippen LogP contribution >= 0.6 is 0 Å². The van der Waals surface area contributed by atoms with Crippen LogP contribution in [0.5, 0.6) is 0 Å². The number of hydrogen-bond acceptors (Lipinski definition) is 8. The molecule has 2 aromatic heterocycles. The van der Waals surface area contributed by atoms with Crippen LogP contribution in [0.4, 0.5) is 5.95 Å². The van der Waals surface area contributed by atoms with Crippen LogP contribution < -0.4 is 11.3 Å². The van der Waals surface area contributed by atoms with E-state index in [1.165, 1.54) is 25.8 Å². The predicted octanol–water partition coefficient (Wildman–Crippen LogP) is -1.30. The molecule has 10 nitrogen and oxygen atoms in total. The molecule has 0 aliphatic carbocycles. The molecule has 19 heavy (non-hydrogen) atoms. The van der Waals surface area contributed by atoms with Crippen molar-refractivity contribution in [1.82, 2.24) is 29.5 Å². The lowest BCUT2D eigenvalue weighted by molar-refractivity contribution is 0.456. The second-order valence-corrected chi connectivity index (χ2v) is 5.62. The summed E-state index contributed by atoms with van der Waals surface area (Å²) in [7, 11) is -2.26. The van der Waals surface area contributed by atoms with Gasteiger partial charge in [0.2, 0.25) is 16.0 Å². The summed E-state index contributed by atoms with van der Waals surface area (Å²) in [6.07, 6.45) is 3.66. The highest BCUT2D eigenvalue weighted by Gasteiger charge is 2.22. The molecule has 0 saturated heterocycles. The maximum absolute atomic E-state index is 12.2. The van der Waals surface area contributed by atoms with E-state index in [0.29, 0.717) is 5.82 Å². The lowest BCUT2D eigenvalue weighted by Gasteiger charge is -2.15. The number of anilines is 1. The zero-order valence-corrected chi connectivity index (χ0v) is 10.8. The Morgan fingerprint density at radius 1 is 1.37 bits per heavy atom. The molecule has 2 heterocycles. The van der Waals surface area contributed by atoms with E-state index in [9.17, 15) is 8.42 Å². The average molecular weight is 284 g/mol. The Labute approximate surface area is 109 Å². The van der Waals surface area contributed by atoms with Crippen LogP contribution in [0.2, 0.25) is 0 Å². The molecular weight excluding hydrogens is 272 g/mol. The maximum Gasteiger partial charge on any atom is 0.246 e. The normalized spacial score (nSPS) is 11.7. The zero-order valence-electron chi connectivity index (χ0n) is 9.98. The number of rotatable bonds is 5. The number of nitrogens with two attached hydrogens (primary N) is 1. The van der Waals surface area contributed by atoms with E-state index in [4.69, 9.17) is 5.84 Å². The van der Waals surface area contributed by atoms with Crippen molar-refractivity contribution in [2.45, 2.75) is 11.4 Å². The van der Waals surface area contributed by atoms with Crippen LogP contribution in [0.15, 0.2) is 23.6 Å². The van der Waals surface area contributed by atoms with Gasteiger partial charge in [0.15, 0.2) is 0 Å². The summed E-state index contributed by atoms with van der Waals surface area (Å²) in [4.78, 5) is 11.3. The maximum atomic E-state index is 12.2. The molecule has 0 bridgehead atoms. The highest BCUT2D eigenvalue weighted by atomic mass is 32.2. The topological polar surface area (TPSA) is 143 Å². The Morgan fingerprint density at radius 3 is 2.58 bits per heavy atom. The molecule has 4 N–H and O–H groups in total. The van der Waals surface area contributed by atoms with Gasteiger partial charge in [-0.15, -0.1) is 0 Å². The number of sulfonamides is 1. The molecule has 0 aliphatic rings. The first-order valence-corrected chi connectivity index (χ1v) is 6.57. The molecule has 102 valence electrons. The van der Waals surface area contributed by atoms with Gasteiger partial charge in [-0.25, -0.2) is 29.2 Å². The molecule has 2 aromatic rings. The third-order valence-corrected chi connectivity index (χ3v) is 4.06. The Kier molecular flexibility index (Phi) is 3.69. The smallest absolute Gasteiger partial charge is 0.246 e. The number of nitrogens with one attached hydrogen (secondary N) is 2. The summed E-state index contributed by atoms with van der Waals surface area (Å²) >= 11 is 0. The van der Waals surface area contributed by atoms with Crippen molar-refractivity contribution in [2.75, 3.05) is 12.5 Å². The monoisotopic (exact) mass is 284 g/mol. The minimum atomic E-state index is -3.69. The standard InChI is InChI=1S/C8H12N8O2S/c1-16(4-7-12-5-13-15-7)19(17,18)6-2-10-8(14-9)11-3-6/h2-3,5H,4,9H2,1H3,(H,10,11,14)(H,12,13,15). The Morgan fingerprint density at radius 2 is 2.05 bits per heavy atom. The first-order chi connectivity index (χ1) is 9.04. The van der Waals surface area contributed by atoms with E-state index >= 15 is 0 Å². The van der Waals surface area contributed by atoms with Gasteiger partial charge in [0.1, 0.15) is 17.0 Å². The molecule has 0 aliphatic heterocycles. The third kappa shape index (κ3) is 2.83. The van der Waals surface area contributed by atoms with Gasteiger partial charge in [-0.2, -0.15) is 9.40 Å². The van der Waals surface area contributed by atoms with Crippen molar-refractivity contribution in [3.63, 3.8) is 0 Å². The molecule has 0 aromatic carbocycles. The quantitative estimate of drug-likeness (QED) is 0.454. The van der Waals surface area contributed by atoms with E-state index < -0.39 is 10.0 Å². The van der Waals surface area contributed by atoms with Gasteiger partial charge in [0, 0.05) is 7.05 Å². The van der Waals surface area contributed by atoms with Crippen molar-refractivity contribution in [3.05, 3.63) is 24.5 Å². The molecule has 0 atom stereocenters. The van der Waals surface area contributed by atoms with Crippen molar-refractivity contribution in [3.8, 4) is 0 Å². The number of nitrogens with zero attached hydrogens (tertiary/aromatic N) is 5. The van der Waals surface area contributed by atoms with Gasteiger partial charge in [-0.05, 0) is 0 Å². The zero-order chi connectivity index (χ0) is 13.9. The Hall–Kier alpha value is -2.11. The SMILES string of the molecule is CN(Cc1ncn[nH]1)S(=O)(=O)c1cnc(NN)nc1. The average Bonchev–Trinajstić information content (AvgIpc) is 2.91. The highest BCUT2D eigenvalue weighted by Crippen LogP contribution is 2.14. The van der Waals surface area contributed by atoms with Crippen molar-refractivity contribution >= 4 is 16.0 Å². The fourth-order valence-electron chi connectivity index (χ4n) is 1.31. The minimum absolute atomic E-state index is 0.0338. The van der Waals surface area contributed by atoms with E-state index in [1.807, 2.05) is 0 Å². The van der Waals surface area contributed by atoms with Crippen LogP contribution in [0.3, 0.4) is 0 Å². The van der Waals surface area contributed by atoms with Crippen LogP contribution in [0, 0.1) is 0 Å². The van der Waals surface area contributed by atoms with Gasteiger partial charge in [0.05, 0.1) is 18.9 Å². The first kappa shape index (κ1) is 13.3. The summed E-state index contributed by atoms with van der Waals surface area (Å²) in [6.45, 7) is 0.0687. The van der Waals surface area contributed by atoms with Crippen molar-refractivity contribution < 1.29 is 8.42 Å². The third-order valence-electron chi connectivity index (χ3n) is 2.30. The van der Waals surface area contributed by atoms with E-state index in [1.54, 1.807) is 0 Å². The minimum Gasteiger partial charge on any atom is -0.292 e. The molecule has 0 fully saturated rings. The number of aromatic nitrogens is 5. The lowest BCUT2D eigenvalue weighted by Crippen LogP contribution is -2.27. The second-order valence-electron chi connectivity index (χ2n) is 3.58. The Balaban J connectivity index is 2.20. The van der Waals surface area contributed by atoms with Crippen molar-refractivity contribution in [1.29, 1.82) is 0 Å². The lowest BCUT2D eigenvalue weighted by atomic mass is 10.6. The van der Waals surface area contributed by atoms with E-state index in [-0.39, 0.29) is 17.4 Å². The number of hydrogen-bond donors (Lipinski definition) is 3. The number of hydrazine groups is 1. The van der Waals surface area contributed by atoms with Gasteiger partial charge in [-0.1, -0.05) is 0 Å². The largest absolute Gasteiger partial charge is 0.292 e. The van der Waals surface area contributed by atoms with Crippen LogP contribution in [-0.2, 0) is 16.6 Å². The molecule has 0 saturated carbocycles. The summed E-state index contributed by atoms with van der Waals surface area (Å²) < 4.78 is 25.5. The first-order valence-electron chi connectivity index (χ1n) is 5.13. The molecule has 0 radical (unpaired) electrons. The van der Waals surface area contributed by atoms with E-state index in [2.05, 4.69) is 30.6 Å². The van der Waals surface area contributed by atoms with Crippen LogP contribution in [0.1, 0.15) is 5.82 Å². The van der Waals surface area contributed by atoms with Crippen molar-refractivity contribution in [2.24, 2.45) is 5.84 Å². The number of nitrogen functional groups attached to an aromatic ring is 1. The molecule has 2 rings (SSSR count). The number of aromatic amines is 1. The van der Waals surface area contributed by atoms with Crippen LogP contribution in [0.25, 0.3) is 0 Å². The highest BCUT2D eigenvalue weighted by molar-refractivity contribution is 7.89. The van der Waals surface area contributed by atoms with Gasteiger partial charge < -0.3 is 0 Å². The predicted molar refractivity (Wildman–Crippen MR) is 64.9 cm³/mol. The molecule has 0 spiro atoms. The summed E-state index contributed by atoms with van der Waals surface area (Å²) in [5.41, 5.74) is 2.22.